The van der Waals surface area contributed by atoms with E-state index in [4.69, 9.17) is 5.26 Å². The molecule has 1 rings (SSSR count). The third-order valence-corrected chi connectivity index (χ3v) is 2.70. The van der Waals surface area contributed by atoms with Crippen LogP contribution in [0.15, 0.2) is 24.3 Å². The van der Waals surface area contributed by atoms with Crippen molar-refractivity contribution >= 4 is 11.6 Å². The summed E-state index contributed by atoms with van der Waals surface area (Å²) in [6.07, 6.45) is 0. The second-order valence-electron chi connectivity index (χ2n) is 4.17. The SMILES string of the molecule is CC(C#N)N(C)C(=O)c1cccc(N(C)C)c1. The van der Waals surface area contributed by atoms with Gasteiger partial charge in [-0.1, -0.05) is 6.07 Å². The maximum Gasteiger partial charge on any atom is 0.254 e. The van der Waals surface area contributed by atoms with E-state index < -0.39 is 6.04 Å². The molecule has 17 heavy (non-hydrogen) atoms. The molecule has 1 aromatic rings. The molecular formula is C13H17N3O. The Hall–Kier alpha value is -2.02. The summed E-state index contributed by atoms with van der Waals surface area (Å²) in [5.41, 5.74) is 1.56. The number of nitrogens with zero attached hydrogens (tertiary/aromatic N) is 3. The molecule has 0 N–H and O–H groups in total. The second kappa shape index (κ2) is 5.35. The molecule has 0 saturated heterocycles. The van der Waals surface area contributed by atoms with Crippen LogP contribution in [0.3, 0.4) is 0 Å². The van der Waals surface area contributed by atoms with Crippen molar-refractivity contribution in [1.29, 1.82) is 5.26 Å². The van der Waals surface area contributed by atoms with Crippen molar-refractivity contribution in [2.24, 2.45) is 0 Å². The Labute approximate surface area is 102 Å². The van der Waals surface area contributed by atoms with Gasteiger partial charge in [0.25, 0.3) is 5.91 Å². The quantitative estimate of drug-likeness (QED) is 0.796. The number of amides is 1. The third-order valence-electron chi connectivity index (χ3n) is 2.70. The molecule has 1 unspecified atom stereocenters. The Morgan fingerprint density at radius 3 is 2.53 bits per heavy atom. The number of hydrogen-bond donors (Lipinski definition) is 0. The summed E-state index contributed by atoms with van der Waals surface area (Å²) in [5.74, 6) is -0.136. The predicted molar refractivity (Wildman–Crippen MR) is 67.9 cm³/mol. The van der Waals surface area contributed by atoms with Crippen LogP contribution in [0.2, 0.25) is 0 Å². The van der Waals surface area contributed by atoms with Crippen molar-refractivity contribution in [3.05, 3.63) is 29.8 Å². The van der Waals surface area contributed by atoms with Crippen LogP contribution in [-0.4, -0.2) is 38.0 Å². The van der Waals surface area contributed by atoms with Crippen LogP contribution in [0.4, 0.5) is 5.69 Å². The second-order valence-corrected chi connectivity index (χ2v) is 4.17. The highest BCUT2D eigenvalue weighted by Crippen LogP contribution is 2.15. The van der Waals surface area contributed by atoms with Crippen LogP contribution in [0.5, 0.6) is 0 Å². The summed E-state index contributed by atoms with van der Waals surface area (Å²) < 4.78 is 0. The summed E-state index contributed by atoms with van der Waals surface area (Å²) in [6, 6.07) is 8.98. The maximum absolute atomic E-state index is 12.1. The van der Waals surface area contributed by atoms with E-state index in [9.17, 15) is 4.79 Å². The lowest BCUT2D eigenvalue weighted by molar-refractivity contribution is 0.0773. The summed E-state index contributed by atoms with van der Waals surface area (Å²) in [5, 5.41) is 8.79. The molecule has 0 aliphatic rings. The topological polar surface area (TPSA) is 47.3 Å². The monoisotopic (exact) mass is 231 g/mol. The van der Waals surface area contributed by atoms with E-state index >= 15 is 0 Å². The van der Waals surface area contributed by atoms with Gasteiger partial charge < -0.3 is 9.80 Å². The zero-order valence-corrected chi connectivity index (χ0v) is 10.6. The summed E-state index contributed by atoms with van der Waals surface area (Å²) in [7, 11) is 5.48. The van der Waals surface area contributed by atoms with E-state index in [-0.39, 0.29) is 5.91 Å². The van der Waals surface area contributed by atoms with E-state index in [2.05, 4.69) is 0 Å². The first kappa shape index (κ1) is 13.0. The van der Waals surface area contributed by atoms with Crippen molar-refractivity contribution in [1.82, 2.24) is 4.90 Å². The number of benzene rings is 1. The fourth-order valence-electron chi connectivity index (χ4n) is 1.38. The summed E-state index contributed by atoms with van der Waals surface area (Å²) >= 11 is 0. The van der Waals surface area contributed by atoms with Crippen LogP contribution in [0.25, 0.3) is 0 Å². The number of carbonyl (C=O) groups excluding carboxylic acids is 1. The lowest BCUT2D eigenvalue weighted by Crippen LogP contribution is -2.34. The minimum absolute atomic E-state index is 0.136. The highest BCUT2D eigenvalue weighted by Gasteiger charge is 2.17. The minimum atomic E-state index is -0.425. The van der Waals surface area contributed by atoms with Gasteiger partial charge in [0.2, 0.25) is 0 Å². The molecule has 0 heterocycles. The maximum atomic E-state index is 12.1. The van der Waals surface area contributed by atoms with E-state index in [1.807, 2.05) is 43.3 Å². The average molecular weight is 231 g/mol. The molecule has 4 heteroatoms. The van der Waals surface area contributed by atoms with E-state index in [0.29, 0.717) is 5.56 Å². The number of carbonyl (C=O) groups is 1. The number of nitriles is 1. The Kier molecular flexibility index (Phi) is 4.11. The van der Waals surface area contributed by atoms with Gasteiger partial charge in [0.05, 0.1) is 6.07 Å². The first-order chi connectivity index (χ1) is 7.97. The fourth-order valence-corrected chi connectivity index (χ4v) is 1.38. The predicted octanol–water partition coefficient (Wildman–Crippen LogP) is 1.74. The zero-order chi connectivity index (χ0) is 13.0. The average Bonchev–Trinajstić information content (AvgIpc) is 2.36. The number of rotatable bonds is 3. The molecule has 4 nitrogen and oxygen atoms in total. The smallest absolute Gasteiger partial charge is 0.254 e. The van der Waals surface area contributed by atoms with Crippen molar-refractivity contribution in [2.45, 2.75) is 13.0 Å². The molecule has 1 aromatic carbocycles. The van der Waals surface area contributed by atoms with Crippen LogP contribution < -0.4 is 4.90 Å². The third kappa shape index (κ3) is 2.97. The highest BCUT2D eigenvalue weighted by molar-refractivity contribution is 5.95. The van der Waals surface area contributed by atoms with Crippen molar-refractivity contribution in [3.8, 4) is 6.07 Å². The minimum Gasteiger partial charge on any atom is -0.378 e. The molecule has 0 fully saturated rings. The molecule has 1 amide bonds. The van der Waals surface area contributed by atoms with Gasteiger partial charge >= 0.3 is 0 Å². The van der Waals surface area contributed by atoms with Crippen LogP contribution in [0.1, 0.15) is 17.3 Å². The first-order valence-corrected chi connectivity index (χ1v) is 5.41. The van der Waals surface area contributed by atoms with Crippen molar-refractivity contribution in [2.75, 3.05) is 26.0 Å². The Bertz CT molecular complexity index is 448. The highest BCUT2D eigenvalue weighted by atomic mass is 16.2. The van der Waals surface area contributed by atoms with Gasteiger partial charge in [-0.15, -0.1) is 0 Å². The van der Waals surface area contributed by atoms with E-state index in [1.54, 1.807) is 20.0 Å². The van der Waals surface area contributed by atoms with Gasteiger partial charge in [-0.25, -0.2) is 0 Å². The Morgan fingerprint density at radius 1 is 1.35 bits per heavy atom. The molecule has 90 valence electrons. The van der Waals surface area contributed by atoms with Gasteiger partial charge in [-0.05, 0) is 25.1 Å². The number of hydrogen-bond acceptors (Lipinski definition) is 3. The van der Waals surface area contributed by atoms with Gasteiger partial charge in [-0.3, -0.25) is 4.79 Å². The Morgan fingerprint density at radius 2 is 2.00 bits per heavy atom. The molecule has 0 spiro atoms. The number of anilines is 1. The van der Waals surface area contributed by atoms with Gasteiger partial charge in [-0.2, -0.15) is 5.26 Å². The van der Waals surface area contributed by atoms with Crippen LogP contribution >= 0.6 is 0 Å². The van der Waals surface area contributed by atoms with Crippen LogP contribution in [0, 0.1) is 11.3 Å². The zero-order valence-electron chi connectivity index (χ0n) is 10.6. The molecule has 1 atom stereocenters. The normalized spacial score (nSPS) is 11.5. The fraction of sp³-hybridized carbons (Fsp3) is 0.385. The van der Waals surface area contributed by atoms with Gasteiger partial charge in [0, 0.05) is 32.4 Å². The molecule has 0 aromatic heterocycles. The van der Waals surface area contributed by atoms with Gasteiger partial charge in [0.15, 0.2) is 0 Å². The van der Waals surface area contributed by atoms with Crippen LogP contribution in [-0.2, 0) is 0 Å². The van der Waals surface area contributed by atoms with E-state index in [1.165, 1.54) is 4.90 Å². The largest absolute Gasteiger partial charge is 0.378 e. The van der Waals surface area contributed by atoms with Crippen molar-refractivity contribution < 1.29 is 4.79 Å². The first-order valence-electron chi connectivity index (χ1n) is 5.41. The van der Waals surface area contributed by atoms with Crippen molar-refractivity contribution in [3.63, 3.8) is 0 Å². The molecular weight excluding hydrogens is 214 g/mol. The summed E-state index contributed by atoms with van der Waals surface area (Å²) in [4.78, 5) is 15.5. The lowest BCUT2D eigenvalue weighted by Gasteiger charge is -2.20. The molecule has 0 aliphatic heterocycles. The standard InChI is InChI=1S/C13H17N3O/c1-10(9-14)16(4)13(17)11-6-5-7-12(8-11)15(2)3/h5-8,10H,1-4H3. The molecule has 0 bridgehead atoms. The molecule has 0 radical (unpaired) electrons. The Balaban J connectivity index is 2.97. The lowest BCUT2D eigenvalue weighted by atomic mass is 10.1. The molecule has 0 aliphatic carbocycles. The van der Waals surface area contributed by atoms with Gasteiger partial charge in [0.1, 0.15) is 6.04 Å². The van der Waals surface area contributed by atoms with E-state index in [0.717, 1.165) is 5.69 Å². The summed E-state index contributed by atoms with van der Waals surface area (Å²) in [6.45, 7) is 1.70. The molecule has 0 saturated carbocycles.